The maximum Gasteiger partial charge on any atom is 0.236 e. The Hall–Kier alpha value is -0.570. The Balaban J connectivity index is 2.30. The van der Waals surface area contributed by atoms with E-state index in [0.29, 0.717) is 6.42 Å². The molecule has 1 rings (SSSR count). The Bertz CT molecular complexity index is 176. The van der Waals surface area contributed by atoms with Crippen LogP contribution in [0.5, 0.6) is 0 Å². The van der Waals surface area contributed by atoms with Gasteiger partial charge in [0.2, 0.25) is 5.91 Å². The van der Waals surface area contributed by atoms with Crippen molar-refractivity contribution in [2.24, 2.45) is 0 Å². The minimum absolute atomic E-state index is 0.272. The maximum absolute atomic E-state index is 11.7. The maximum atomic E-state index is 11.7. The second kappa shape index (κ2) is 6.02. The van der Waals surface area contributed by atoms with Crippen molar-refractivity contribution in [2.75, 3.05) is 20.1 Å². The number of amides is 1. The van der Waals surface area contributed by atoms with Crippen LogP contribution in [0.3, 0.4) is 0 Å². The summed E-state index contributed by atoms with van der Waals surface area (Å²) in [4.78, 5) is 11.7. The molecule has 82 valence electrons. The largest absolute Gasteiger partial charge is 0.279 e. The lowest BCUT2D eigenvalue weighted by atomic mass is 10.1. The zero-order valence-electron chi connectivity index (χ0n) is 9.46. The molecular weight excluding hydrogens is 176 g/mol. The molecule has 1 saturated heterocycles. The van der Waals surface area contributed by atoms with Gasteiger partial charge in [-0.15, -0.1) is 0 Å². The lowest BCUT2D eigenvalue weighted by Gasteiger charge is -2.34. The summed E-state index contributed by atoms with van der Waals surface area (Å²) in [5.74, 6) is 0.272. The zero-order valence-corrected chi connectivity index (χ0v) is 9.46. The number of hydrazine groups is 1. The van der Waals surface area contributed by atoms with Crippen LogP contribution in [-0.4, -0.2) is 36.1 Å². The molecule has 0 N–H and O–H groups in total. The summed E-state index contributed by atoms with van der Waals surface area (Å²) in [7, 11) is 1.91. The summed E-state index contributed by atoms with van der Waals surface area (Å²) in [5, 5.41) is 4.01. The first-order valence-electron chi connectivity index (χ1n) is 5.77. The van der Waals surface area contributed by atoms with E-state index in [-0.39, 0.29) is 5.91 Å². The monoisotopic (exact) mass is 198 g/mol. The first kappa shape index (κ1) is 11.5. The van der Waals surface area contributed by atoms with Crippen molar-refractivity contribution in [2.45, 2.75) is 45.4 Å². The van der Waals surface area contributed by atoms with Crippen LogP contribution in [0, 0.1) is 0 Å². The molecule has 0 atom stereocenters. The van der Waals surface area contributed by atoms with Gasteiger partial charge in [0.15, 0.2) is 0 Å². The third kappa shape index (κ3) is 3.29. The number of carbonyl (C=O) groups excluding carboxylic acids is 1. The predicted molar refractivity (Wildman–Crippen MR) is 57.7 cm³/mol. The first-order valence-corrected chi connectivity index (χ1v) is 5.77. The molecule has 0 aromatic rings. The standard InChI is InChI=1S/C11H22N2O/c1-3-4-8-11(14)12(2)13-9-6-5-7-10-13/h3-10H2,1-2H3. The minimum Gasteiger partial charge on any atom is -0.279 e. The molecule has 14 heavy (non-hydrogen) atoms. The second-order valence-corrected chi connectivity index (χ2v) is 4.04. The molecule has 0 bridgehead atoms. The predicted octanol–water partition coefficient (Wildman–Crippen LogP) is 2.04. The van der Waals surface area contributed by atoms with E-state index < -0.39 is 0 Å². The smallest absolute Gasteiger partial charge is 0.236 e. The number of rotatable bonds is 4. The van der Waals surface area contributed by atoms with Crippen LogP contribution in [0.2, 0.25) is 0 Å². The van der Waals surface area contributed by atoms with E-state index >= 15 is 0 Å². The number of hydrogen-bond acceptors (Lipinski definition) is 2. The number of carbonyl (C=O) groups is 1. The Morgan fingerprint density at radius 1 is 1.29 bits per heavy atom. The van der Waals surface area contributed by atoms with Gasteiger partial charge in [-0.2, -0.15) is 0 Å². The van der Waals surface area contributed by atoms with Crippen LogP contribution in [0.1, 0.15) is 45.4 Å². The van der Waals surface area contributed by atoms with Gasteiger partial charge in [0.1, 0.15) is 0 Å². The number of unbranched alkanes of at least 4 members (excludes halogenated alkanes) is 1. The van der Waals surface area contributed by atoms with Crippen LogP contribution in [0.15, 0.2) is 0 Å². The van der Waals surface area contributed by atoms with E-state index in [0.717, 1.165) is 25.9 Å². The van der Waals surface area contributed by atoms with Gasteiger partial charge in [-0.3, -0.25) is 9.80 Å². The van der Waals surface area contributed by atoms with Crippen LogP contribution < -0.4 is 0 Å². The van der Waals surface area contributed by atoms with Crippen molar-refractivity contribution in [1.82, 2.24) is 10.0 Å². The van der Waals surface area contributed by atoms with Gasteiger partial charge in [-0.1, -0.05) is 19.8 Å². The average Bonchev–Trinajstić information content (AvgIpc) is 2.26. The van der Waals surface area contributed by atoms with Gasteiger partial charge in [0.05, 0.1) is 0 Å². The minimum atomic E-state index is 0.272. The Kier molecular flexibility index (Phi) is 4.94. The molecule has 0 aromatic carbocycles. The SMILES string of the molecule is CCCCC(=O)N(C)N1CCCCC1. The van der Waals surface area contributed by atoms with Crippen molar-refractivity contribution in [3.8, 4) is 0 Å². The highest BCUT2D eigenvalue weighted by molar-refractivity contribution is 5.75. The van der Waals surface area contributed by atoms with E-state index in [1.54, 1.807) is 0 Å². The summed E-state index contributed by atoms with van der Waals surface area (Å²) in [6, 6.07) is 0. The Morgan fingerprint density at radius 2 is 1.93 bits per heavy atom. The van der Waals surface area contributed by atoms with Gasteiger partial charge in [0, 0.05) is 26.6 Å². The van der Waals surface area contributed by atoms with Crippen LogP contribution in [0.25, 0.3) is 0 Å². The second-order valence-electron chi connectivity index (χ2n) is 4.04. The molecule has 3 heteroatoms. The topological polar surface area (TPSA) is 23.6 Å². The zero-order chi connectivity index (χ0) is 10.4. The molecule has 0 radical (unpaired) electrons. The fraction of sp³-hybridized carbons (Fsp3) is 0.909. The summed E-state index contributed by atoms with van der Waals surface area (Å²) in [6.45, 7) is 4.22. The van der Waals surface area contributed by atoms with Crippen molar-refractivity contribution in [1.29, 1.82) is 0 Å². The summed E-state index contributed by atoms with van der Waals surface area (Å²) in [5.41, 5.74) is 0. The van der Waals surface area contributed by atoms with E-state index in [1.807, 2.05) is 12.1 Å². The van der Waals surface area contributed by atoms with Crippen molar-refractivity contribution >= 4 is 5.91 Å². The first-order chi connectivity index (χ1) is 6.75. The molecular formula is C11H22N2O. The molecule has 0 unspecified atom stereocenters. The molecule has 1 heterocycles. The van der Waals surface area contributed by atoms with Gasteiger partial charge in [0.25, 0.3) is 0 Å². The Morgan fingerprint density at radius 3 is 2.50 bits per heavy atom. The van der Waals surface area contributed by atoms with Crippen LogP contribution in [0.4, 0.5) is 0 Å². The molecule has 0 saturated carbocycles. The highest BCUT2D eigenvalue weighted by Gasteiger charge is 2.18. The summed E-state index contributed by atoms with van der Waals surface area (Å²) >= 11 is 0. The van der Waals surface area contributed by atoms with Crippen molar-refractivity contribution in [3.05, 3.63) is 0 Å². The fourth-order valence-corrected chi connectivity index (χ4v) is 1.82. The lowest BCUT2D eigenvalue weighted by molar-refractivity contribution is -0.147. The van der Waals surface area contributed by atoms with E-state index in [4.69, 9.17) is 0 Å². The lowest BCUT2D eigenvalue weighted by Crippen LogP contribution is -2.46. The molecule has 0 spiro atoms. The quantitative estimate of drug-likeness (QED) is 0.690. The van der Waals surface area contributed by atoms with Gasteiger partial charge in [-0.25, -0.2) is 5.01 Å². The Labute approximate surface area is 87.0 Å². The molecule has 0 aliphatic carbocycles. The third-order valence-corrected chi connectivity index (χ3v) is 2.86. The molecule has 0 aromatic heterocycles. The van der Waals surface area contributed by atoms with Gasteiger partial charge < -0.3 is 0 Å². The van der Waals surface area contributed by atoms with E-state index in [9.17, 15) is 4.79 Å². The average molecular weight is 198 g/mol. The summed E-state index contributed by atoms with van der Waals surface area (Å²) in [6.07, 6.45) is 6.57. The normalized spacial score (nSPS) is 18.1. The van der Waals surface area contributed by atoms with E-state index in [1.165, 1.54) is 19.3 Å². The fourth-order valence-electron chi connectivity index (χ4n) is 1.82. The van der Waals surface area contributed by atoms with Crippen molar-refractivity contribution in [3.63, 3.8) is 0 Å². The highest BCUT2D eigenvalue weighted by Crippen LogP contribution is 2.11. The van der Waals surface area contributed by atoms with Crippen LogP contribution >= 0.6 is 0 Å². The summed E-state index contributed by atoms with van der Waals surface area (Å²) < 4.78 is 0. The van der Waals surface area contributed by atoms with Gasteiger partial charge in [-0.05, 0) is 19.3 Å². The van der Waals surface area contributed by atoms with E-state index in [2.05, 4.69) is 11.9 Å². The number of hydrogen-bond donors (Lipinski definition) is 0. The third-order valence-electron chi connectivity index (χ3n) is 2.86. The number of piperidine rings is 1. The van der Waals surface area contributed by atoms with Crippen LogP contribution in [-0.2, 0) is 4.79 Å². The van der Waals surface area contributed by atoms with Crippen molar-refractivity contribution < 1.29 is 4.79 Å². The molecule has 1 aliphatic rings. The molecule has 1 amide bonds. The van der Waals surface area contributed by atoms with Gasteiger partial charge >= 0.3 is 0 Å². The molecule has 1 fully saturated rings. The highest BCUT2D eigenvalue weighted by atomic mass is 16.2. The molecule has 1 aliphatic heterocycles. The molecule has 3 nitrogen and oxygen atoms in total. The number of nitrogens with zero attached hydrogens (tertiary/aromatic N) is 2.